The third kappa shape index (κ3) is 3.71. The topological polar surface area (TPSA) is 18.1 Å². The molecule has 236 valence electrons. The molecule has 0 aliphatic heterocycles. The maximum Gasteiger partial charge on any atom is 0.136 e. The van der Waals surface area contributed by atoms with Crippen molar-refractivity contribution >= 4 is 96.8 Å². The highest BCUT2D eigenvalue weighted by Crippen LogP contribution is 2.47. The monoisotopic (exact) mass is 665 g/mol. The average Bonchev–Trinajstić information content (AvgIpc) is 3.86. The van der Waals surface area contributed by atoms with Crippen LogP contribution in [0.25, 0.3) is 113 Å². The lowest BCUT2D eigenvalue weighted by Crippen LogP contribution is -1.93. The largest absolute Gasteiger partial charge is 0.456 e. The normalized spacial score (nSPS) is 12.3. The summed E-state index contributed by atoms with van der Waals surface area (Å²) in [5.41, 5.74) is 10.5. The summed E-state index contributed by atoms with van der Waals surface area (Å²) in [6, 6.07) is 59.9. The number of furan rings is 1. The van der Waals surface area contributed by atoms with Crippen LogP contribution < -0.4 is 0 Å². The zero-order valence-corrected chi connectivity index (χ0v) is 28.2. The van der Waals surface area contributed by atoms with Gasteiger partial charge in [0.05, 0.1) is 15.7 Å². The van der Waals surface area contributed by atoms with Crippen LogP contribution >= 0.6 is 11.3 Å². The molecule has 0 fully saturated rings. The van der Waals surface area contributed by atoms with E-state index in [0.29, 0.717) is 0 Å². The molecule has 0 amide bonds. The van der Waals surface area contributed by atoms with E-state index >= 15 is 0 Å². The second kappa shape index (κ2) is 10.1. The fourth-order valence-electron chi connectivity index (χ4n) is 8.77. The van der Waals surface area contributed by atoms with Crippen molar-refractivity contribution in [3.63, 3.8) is 0 Å². The SMILES string of the molecule is c1ccc(-n2c3ccc(-c4ccc5ccc6c(-c7cccc8oc9ccccc9c78)ccc7ccc4c5c76)cc3c3sc4ccccc4c32)cc1. The van der Waals surface area contributed by atoms with E-state index in [1.807, 2.05) is 17.4 Å². The summed E-state index contributed by atoms with van der Waals surface area (Å²) in [4.78, 5) is 0. The van der Waals surface area contributed by atoms with Gasteiger partial charge in [-0.2, -0.15) is 0 Å². The van der Waals surface area contributed by atoms with E-state index in [9.17, 15) is 0 Å². The quantitative estimate of drug-likeness (QED) is 0.172. The van der Waals surface area contributed by atoms with Gasteiger partial charge in [-0.15, -0.1) is 11.3 Å². The molecule has 12 rings (SSSR count). The van der Waals surface area contributed by atoms with Gasteiger partial charge in [-0.25, -0.2) is 0 Å². The first-order valence-corrected chi connectivity index (χ1v) is 18.2. The molecule has 0 spiro atoms. The van der Waals surface area contributed by atoms with Gasteiger partial charge >= 0.3 is 0 Å². The molecule has 0 N–H and O–H groups in total. The third-order valence-corrected chi connectivity index (χ3v) is 12.2. The number of fused-ring (bicyclic) bond motifs is 8. The molecule has 0 saturated carbocycles. The van der Waals surface area contributed by atoms with E-state index in [4.69, 9.17) is 4.42 Å². The van der Waals surface area contributed by atoms with Gasteiger partial charge in [0.25, 0.3) is 0 Å². The Bertz CT molecular complexity index is 3360. The van der Waals surface area contributed by atoms with Gasteiger partial charge in [0.1, 0.15) is 11.2 Å². The number of para-hydroxylation sites is 2. The smallest absolute Gasteiger partial charge is 0.136 e. The lowest BCUT2D eigenvalue weighted by Gasteiger charge is -2.17. The Balaban J connectivity index is 1.12. The lowest BCUT2D eigenvalue weighted by molar-refractivity contribution is 0.669. The summed E-state index contributed by atoms with van der Waals surface area (Å²) in [7, 11) is 0. The van der Waals surface area contributed by atoms with Gasteiger partial charge < -0.3 is 8.98 Å². The molecule has 3 heterocycles. The van der Waals surface area contributed by atoms with Crippen LogP contribution in [0.3, 0.4) is 0 Å². The fraction of sp³-hybridized carbons (Fsp3) is 0. The van der Waals surface area contributed by atoms with Crippen LogP contribution in [-0.4, -0.2) is 4.57 Å². The Morgan fingerprint density at radius 3 is 1.96 bits per heavy atom. The first-order chi connectivity index (χ1) is 25.3. The molecule has 0 atom stereocenters. The molecule has 3 aromatic heterocycles. The molecule has 0 bridgehead atoms. The number of rotatable bonds is 3. The van der Waals surface area contributed by atoms with Crippen LogP contribution in [0.2, 0.25) is 0 Å². The van der Waals surface area contributed by atoms with Crippen molar-refractivity contribution in [2.24, 2.45) is 0 Å². The first-order valence-electron chi connectivity index (χ1n) is 17.4. The summed E-state index contributed by atoms with van der Waals surface area (Å²) < 4.78 is 11.4. The van der Waals surface area contributed by atoms with Crippen molar-refractivity contribution < 1.29 is 4.42 Å². The first kappa shape index (κ1) is 27.4. The maximum absolute atomic E-state index is 6.30. The summed E-state index contributed by atoms with van der Waals surface area (Å²) in [5.74, 6) is 0. The van der Waals surface area contributed by atoms with Gasteiger partial charge in [-0.1, -0.05) is 121 Å². The minimum Gasteiger partial charge on any atom is -0.456 e. The molecular formula is C48H27NOS. The highest BCUT2D eigenvalue weighted by Gasteiger charge is 2.21. The highest BCUT2D eigenvalue weighted by atomic mass is 32.1. The number of hydrogen-bond acceptors (Lipinski definition) is 2. The molecule has 0 aliphatic rings. The number of benzene rings is 9. The molecule has 12 aromatic rings. The van der Waals surface area contributed by atoms with Crippen molar-refractivity contribution in [3.05, 3.63) is 164 Å². The average molecular weight is 666 g/mol. The Morgan fingerprint density at radius 2 is 1.12 bits per heavy atom. The second-order valence-electron chi connectivity index (χ2n) is 13.6. The predicted molar refractivity (Wildman–Crippen MR) is 218 cm³/mol. The summed E-state index contributed by atoms with van der Waals surface area (Å²) >= 11 is 1.89. The van der Waals surface area contributed by atoms with Crippen LogP contribution in [0.4, 0.5) is 0 Å². The maximum atomic E-state index is 6.30. The molecule has 0 radical (unpaired) electrons. The van der Waals surface area contributed by atoms with Gasteiger partial charge in [-0.05, 0) is 97.0 Å². The Hall–Kier alpha value is -6.42. The van der Waals surface area contributed by atoms with E-state index < -0.39 is 0 Å². The molecule has 0 unspecified atom stereocenters. The number of thiophene rings is 1. The van der Waals surface area contributed by atoms with Crippen LogP contribution in [-0.2, 0) is 0 Å². The van der Waals surface area contributed by atoms with E-state index in [0.717, 1.165) is 16.6 Å². The van der Waals surface area contributed by atoms with Crippen molar-refractivity contribution in [2.75, 3.05) is 0 Å². The minimum absolute atomic E-state index is 0.922. The Labute approximate surface area is 296 Å². The standard InChI is InChI=1S/C48H27NOS/c1-2-9-31(10-3-1)49-40-26-21-30(27-39(40)48-47(49)38-12-5-7-16-43(38)51-48)32-22-17-28-20-25-36-33(23-18-29-19-24-35(32)44(28)45(29)36)34-13-8-15-42-46(34)37-11-4-6-14-41(37)50-42/h1-27H. The zero-order valence-electron chi connectivity index (χ0n) is 27.4. The van der Waals surface area contributed by atoms with Crippen molar-refractivity contribution in [1.82, 2.24) is 4.57 Å². The van der Waals surface area contributed by atoms with E-state index in [-0.39, 0.29) is 0 Å². The number of aromatic nitrogens is 1. The Kier molecular flexibility index (Phi) is 5.41. The van der Waals surface area contributed by atoms with Crippen LogP contribution in [0, 0.1) is 0 Å². The molecular weight excluding hydrogens is 639 g/mol. The summed E-state index contributed by atoms with van der Waals surface area (Å²) in [6.45, 7) is 0. The van der Waals surface area contributed by atoms with E-state index in [1.54, 1.807) is 0 Å². The molecule has 2 nitrogen and oxygen atoms in total. The van der Waals surface area contributed by atoms with Gasteiger partial charge in [0, 0.05) is 31.9 Å². The van der Waals surface area contributed by atoms with Crippen LogP contribution in [0.15, 0.2) is 168 Å². The molecule has 9 aromatic carbocycles. The van der Waals surface area contributed by atoms with E-state index in [1.165, 1.54) is 96.9 Å². The predicted octanol–water partition coefficient (Wildman–Crippen LogP) is 14.1. The fourth-order valence-corrected chi connectivity index (χ4v) is 9.98. The molecule has 0 saturated heterocycles. The van der Waals surface area contributed by atoms with Gasteiger partial charge in [0.15, 0.2) is 0 Å². The molecule has 3 heteroatoms. The highest BCUT2D eigenvalue weighted by molar-refractivity contribution is 7.26. The second-order valence-corrected chi connectivity index (χ2v) is 14.7. The van der Waals surface area contributed by atoms with Crippen molar-refractivity contribution in [3.8, 4) is 27.9 Å². The molecule has 0 aliphatic carbocycles. The van der Waals surface area contributed by atoms with E-state index in [2.05, 4.69) is 162 Å². The van der Waals surface area contributed by atoms with Crippen LogP contribution in [0.1, 0.15) is 0 Å². The third-order valence-electron chi connectivity index (χ3n) is 11.0. The minimum atomic E-state index is 0.922. The van der Waals surface area contributed by atoms with Gasteiger partial charge in [0.2, 0.25) is 0 Å². The zero-order chi connectivity index (χ0) is 33.2. The van der Waals surface area contributed by atoms with Gasteiger partial charge in [-0.3, -0.25) is 0 Å². The van der Waals surface area contributed by atoms with Crippen molar-refractivity contribution in [2.45, 2.75) is 0 Å². The summed E-state index contributed by atoms with van der Waals surface area (Å²) in [5, 5.41) is 12.6. The van der Waals surface area contributed by atoms with Crippen molar-refractivity contribution in [1.29, 1.82) is 0 Å². The number of hydrogen-bond donors (Lipinski definition) is 0. The number of nitrogens with zero attached hydrogens (tertiary/aromatic N) is 1. The molecule has 51 heavy (non-hydrogen) atoms. The van der Waals surface area contributed by atoms with Crippen LogP contribution in [0.5, 0.6) is 0 Å². The summed E-state index contributed by atoms with van der Waals surface area (Å²) in [6.07, 6.45) is 0. The lowest BCUT2D eigenvalue weighted by atomic mass is 9.86. The Morgan fingerprint density at radius 1 is 0.431 bits per heavy atom.